The summed E-state index contributed by atoms with van der Waals surface area (Å²) in [5, 5.41) is 5.14. The minimum atomic E-state index is -0.814. The van der Waals surface area contributed by atoms with Crippen molar-refractivity contribution in [3.63, 3.8) is 0 Å². The van der Waals surface area contributed by atoms with E-state index >= 15 is 0 Å². The van der Waals surface area contributed by atoms with Gasteiger partial charge in [0.25, 0.3) is 0 Å². The first-order chi connectivity index (χ1) is 15.8. The molecule has 9 heteroatoms. The van der Waals surface area contributed by atoms with E-state index in [1.54, 1.807) is 0 Å². The van der Waals surface area contributed by atoms with Crippen LogP contribution in [-0.4, -0.2) is 75.0 Å². The summed E-state index contributed by atoms with van der Waals surface area (Å²) in [7, 11) is 4.20. The van der Waals surface area contributed by atoms with Crippen LogP contribution in [0.5, 0.6) is 0 Å². The Morgan fingerprint density at radius 1 is 1.03 bits per heavy atom. The molecule has 0 spiro atoms. The zero-order valence-electron chi connectivity index (χ0n) is 18.9. The molecule has 2 aliphatic rings. The van der Waals surface area contributed by atoms with E-state index in [0.29, 0.717) is 6.54 Å². The molecule has 0 saturated carbocycles. The molecule has 2 heterocycles. The molecule has 4 rings (SSSR count). The molecule has 7 nitrogen and oxygen atoms in total. The number of halogens is 2. The number of likely N-dealkylation sites (N-methyl/N-ethyl adjacent to an activating group) is 2. The molecule has 1 fully saturated rings. The van der Waals surface area contributed by atoms with Crippen LogP contribution in [-0.2, 0) is 16.0 Å². The molecule has 0 aliphatic carbocycles. The Labute approximate surface area is 198 Å². The first-order valence-corrected chi connectivity index (χ1v) is 11.5. The van der Waals surface area contributed by atoms with Gasteiger partial charge in [0.2, 0.25) is 0 Å². The van der Waals surface area contributed by atoms with Crippen LogP contribution in [0, 0.1) is 5.82 Å². The van der Waals surface area contributed by atoms with Crippen LogP contribution in [0.1, 0.15) is 17.2 Å². The van der Waals surface area contributed by atoms with Crippen LogP contribution in [0.3, 0.4) is 0 Å². The van der Waals surface area contributed by atoms with Crippen molar-refractivity contribution in [3.05, 3.63) is 58.4 Å². The first kappa shape index (κ1) is 23.5. The second kappa shape index (κ2) is 10.1. The van der Waals surface area contributed by atoms with E-state index in [1.807, 2.05) is 0 Å². The van der Waals surface area contributed by atoms with Gasteiger partial charge in [0.1, 0.15) is 5.82 Å². The number of carbonyl (C=O) groups excluding carboxylic acids is 2. The Bertz CT molecular complexity index is 1040. The summed E-state index contributed by atoms with van der Waals surface area (Å²) in [6.45, 7) is 4.98. The molecule has 1 saturated heterocycles. The molecule has 0 radical (unpaired) electrons. The fraction of sp³-hybridized carbons (Fsp3) is 0.417. The number of hydrogen-bond donors (Lipinski definition) is 2. The van der Waals surface area contributed by atoms with Gasteiger partial charge in [0.05, 0.1) is 11.1 Å². The topological polar surface area (TPSA) is 67.9 Å². The first-order valence-electron chi connectivity index (χ1n) is 11.1. The van der Waals surface area contributed by atoms with Gasteiger partial charge >= 0.3 is 11.8 Å². The Morgan fingerprint density at radius 3 is 2.52 bits per heavy atom. The van der Waals surface area contributed by atoms with Gasteiger partial charge in [-0.15, -0.1) is 0 Å². The van der Waals surface area contributed by atoms with Gasteiger partial charge in [-0.2, -0.15) is 0 Å². The Balaban J connectivity index is 1.45. The lowest BCUT2D eigenvalue weighted by Crippen LogP contribution is -2.49. The molecular formula is C24H29ClFN5O2. The predicted molar refractivity (Wildman–Crippen MR) is 128 cm³/mol. The lowest BCUT2D eigenvalue weighted by Gasteiger charge is -2.38. The number of anilines is 2. The third kappa shape index (κ3) is 5.46. The second-order valence-electron chi connectivity index (χ2n) is 8.71. The number of nitrogens with zero attached hydrogens (tertiary/aromatic N) is 3. The van der Waals surface area contributed by atoms with Gasteiger partial charge < -0.3 is 20.4 Å². The summed E-state index contributed by atoms with van der Waals surface area (Å²) < 4.78 is 13.3. The second-order valence-corrected chi connectivity index (χ2v) is 9.11. The number of benzene rings is 2. The largest absolute Gasteiger partial charge is 0.374 e. The number of rotatable bonds is 5. The number of amides is 2. The van der Waals surface area contributed by atoms with E-state index in [2.05, 4.69) is 57.6 Å². The normalized spacial score (nSPS) is 17.5. The van der Waals surface area contributed by atoms with Crippen LogP contribution in [0.25, 0.3) is 0 Å². The molecule has 33 heavy (non-hydrogen) atoms. The SMILES string of the molecule is CN1CCN([C@@H](CNC(=O)C(=O)Nc2ccc(F)c(Cl)c2)c2ccc3c(c2)CCN3C)CC1. The molecule has 2 amide bonds. The Hall–Kier alpha value is -2.68. The molecule has 2 aromatic rings. The highest BCUT2D eigenvalue weighted by atomic mass is 35.5. The fourth-order valence-corrected chi connectivity index (χ4v) is 4.60. The molecule has 0 unspecified atom stereocenters. The van der Waals surface area contributed by atoms with E-state index in [1.165, 1.54) is 23.4 Å². The summed E-state index contributed by atoms with van der Waals surface area (Å²) in [5.74, 6) is -2.14. The van der Waals surface area contributed by atoms with E-state index in [0.717, 1.165) is 50.8 Å². The lowest BCUT2D eigenvalue weighted by molar-refractivity contribution is -0.136. The quantitative estimate of drug-likeness (QED) is 0.653. The van der Waals surface area contributed by atoms with Crippen molar-refractivity contribution in [2.45, 2.75) is 12.5 Å². The predicted octanol–water partition coefficient (Wildman–Crippen LogP) is 2.51. The lowest BCUT2D eigenvalue weighted by atomic mass is 10.00. The number of hydrogen-bond acceptors (Lipinski definition) is 5. The van der Waals surface area contributed by atoms with E-state index in [4.69, 9.17) is 11.6 Å². The summed E-state index contributed by atoms with van der Waals surface area (Å²) >= 11 is 5.75. The standard InChI is InChI=1S/C24H29ClFN5O2/c1-29-9-11-31(12-10-29)22(16-3-6-21-17(13-16)7-8-30(21)2)15-27-23(32)24(33)28-18-4-5-20(26)19(25)14-18/h3-6,13-14,22H,7-12,15H2,1-2H3,(H,27,32)(H,28,33)/t22-/m0/s1. The number of nitrogens with one attached hydrogen (secondary N) is 2. The maximum absolute atomic E-state index is 13.3. The van der Waals surface area contributed by atoms with Gasteiger partial charge in [-0.25, -0.2) is 4.39 Å². The molecule has 0 aromatic heterocycles. The molecule has 0 bridgehead atoms. The maximum Gasteiger partial charge on any atom is 0.313 e. The highest BCUT2D eigenvalue weighted by Crippen LogP contribution is 2.31. The molecule has 1 atom stereocenters. The Morgan fingerprint density at radius 2 is 1.79 bits per heavy atom. The van der Waals surface area contributed by atoms with E-state index in [-0.39, 0.29) is 16.8 Å². The minimum Gasteiger partial charge on any atom is -0.374 e. The third-order valence-corrected chi connectivity index (χ3v) is 6.72. The third-order valence-electron chi connectivity index (χ3n) is 6.43. The van der Waals surface area contributed by atoms with E-state index in [9.17, 15) is 14.0 Å². The average Bonchev–Trinajstić information content (AvgIpc) is 3.17. The van der Waals surface area contributed by atoms with Crippen molar-refractivity contribution < 1.29 is 14.0 Å². The number of fused-ring (bicyclic) bond motifs is 1. The van der Waals surface area contributed by atoms with Crippen molar-refractivity contribution in [2.24, 2.45) is 0 Å². The highest BCUT2D eigenvalue weighted by molar-refractivity contribution is 6.39. The summed E-state index contributed by atoms with van der Waals surface area (Å²) in [6.07, 6.45) is 1.00. The summed E-state index contributed by atoms with van der Waals surface area (Å²) in [6, 6.07) is 10.2. The smallest absolute Gasteiger partial charge is 0.313 e. The van der Waals surface area contributed by atoms with Crippen molar-refractivity contribution in [2.75, 3.05) is 63.6 Å². The van der Waals surface area contributed by atoms with Gasteiger partial charge in [0, 0.05) is 57.7 Å². The van der Waals surface area contributed by atoms with Crippen molar-refractivity contribution in [3.8, 4) is 0 Å². The van der Waals surface area contributed by atoms with Gasteiger partial charge in [-0.05, 0) is 48.9 Å². The fourth-order valence-electron chi connectivity index (χ4n) is 4.42. The monoisotopic (exact) mass is 473 g/mol. The summed E-state index contributed by atoms with van der Waals surface area (Å²) in [4.78, 5) is 31.8. The van der Waals surface area contributed by atoms with Gasteiger partial charge in [-0.1, -0.05) is 23.7 Å². The van der Waals surface area contributed by atoms with Crippen LogP contribution in [0.15, 0.2) is 36.4 Å². The average molecular weight is 474 g/mol. The zero-order chi connectivity index (χ0) is 23.5. The van der Waals surface area contributed by atoms with Crippen LogP contribution in [0.4, 0.5) is 15.8 Å². The molecule has 2 N–H and O–H groups in total. The van der Waals surface area contributed by atoms with Gasteiger partial charge in [-0.3, -0.25) is 14.5 Å². The van der Waals surface area contributed by atoms with Crippen molar-refractivity contribution >= 4 is 34.8 Å². The number of piperazine rings is 1. The van der Waals surface area contributed by atoms with Crippen LogP contribution < -0.4 is 15.5 Å². The number of carbonyl (C=O) groups is 2. The van der Waals surface area contributed by atoms with Crippen molar-refractivity contribution in [1.82, 2.24) is 15.1 Å². The molecular weight excluding hydrogens is 445 g/mol. The minimum absolute atomic E-state index is 0.0353. The zero-order valence-corrected chi connectivity index (χ0v) is 19.7. The van der Waals surface area contributed by atoms with E-state index < -0.39 is 17.6 Å². The summed E-state index contributed by atoms with van der Waals surface area (Å²) in [5.41, 5.74) is 3.96. The Kier molecular flexibility index (Phi) is 7.17. The highest BCUT2D eigenvalue weighted by Gasteiger charge is 2.27. The van der Waals surface area contributed by atoms with Gasteiger partial charge in [0.15, 0.2) is 0 Å². The van der Waals surface area contributed by atoms with Crippen LogP contribution >= 0.6 is 11.6 Å². The molecule has 2 aromatic carbocycles. The molecule has 2 aliphatic heterocycles. The molecule has 176 valence electrons. The van der Waals surface area contributed by atoms with Crippen molar-refractivity contribution in [1.29, 1.82) is 0 Å². The van der Waals surface area contributed by atoms with Crippen LogP contribution in [0.2, 0.25) is 5.02 Å². The maximum atomic E-state index is 13.3.